The molecule has 0 radical (unpaired) electrons. The lowest BCUT2D eigenvalue weighted by Gasteiger charge is -2.40. The van der Waals surface area contributed by atoms with Crippen molar-refractivity contribution in [1.29, 1.82) is 0 Å². The van der Waals surface area contributed by atoms with Crippen molar-refractivity contribution in [3.05, 3.63) is 21.9 Å². The minimum absolute atomic E-state index is 0.131. The zero-order chi connectivity index (χ0) is 14.5. The fourth-order valence-corrected chi connectivity index (χ4v) is 3.98. The molecule has 0 aromatic carbocycles. The Balaban J connectivity index is 1.88. The number of carbonyl (C=O) groups is 1. The molecule has 4 heteroatoms. The lowest BCUT2D eigenvalue weighted by molar-refractivity contribution is -0.138. The van der Waals surface area contributed by atoms with Crippen LogP contribution in [0.25, 0.3) is 0 Å². The first-order valence-electron chi connectivity index (χ1n) is 7.52. The zero-order valence-electron chi connectivity index (χ0n) is 12.6. The van der Waals surface area contributed by atoms with E-state index in [1.165, 1.54) is 23.3 Å². The van der Waals surface area contributed by atoms with Gasteiger partial charge in [-0.25, -0.2) is 0 Å². The number of amides is 1. The minimum atomic E-state index is -0.413. The Labute approximate surface area is 125 Å². The van der Waals surface area contributed by atoms with Gasteiger partial charge in [0.2, 0.25) is 5.91 Å². The van der Waals surface area contributed by atoms with Gasteiger partial charge in [0.05, 0.1) is 12.1 Å². The number of thiophene rings is 1. The molecule has 1 aliphatic carbocycles. The van der Waals surface area contributed by atoms with Crippen LogP contribution < -0.4 is 5.73 Å². The molecular formula is C16H24N2OS. The predicted molar refractivity (Wildman–Crippen MR) is 82.6 cm³/mol. The van der Waals surface area contributed by atoms with E-state index in [0.717, 1.165) is 13.0 Å². The van der Waals surface area contributed by atoms with Crippen molar-refractivity contribution in [2.45, 2.75) is 52.1 Å². The van der Waals surface area contributed by atoms with Crippen LogP contribution in [0.5, 0.6) is 0 Å². The van der Waals surface area contributed by atoms with Crippen LogP contribution in [-0.4, -0.2) is 23.4 Å². The quantitative estimate of drug-likeness (QED) is 0.911. The molecule has 1 aliphatic heterocycles. The highest BCUT2D eigenvalue weighted by atomic mass is 32.1. The molecule has 1 amide bonds. The number of rotatable bonds is 2. The normalized spacial score (nSPS) is 24.4. The summed E-state index contributed by atoms with van der Waals surface area (Å²) in [7, 11) is 0. The lowest BCUT2D eigenvalue weighted by atomic mass is 9.85. The molecule has 2 N–H and O–H groups in total. The molecule has 1 unspecified atom stereocenters. The molecule has 3 rings (SSSR count). The van der Waals surface area contributed by atoms with Crippen LogP contribution in [0.1, 0.15) is 50.1 Å². The summed E-state index contributed by atoms with van der Waals surface area (Å²) in [6.45, 7) is 6.96. The molecule has 1 saturated carbocycles. The van der Waals surface area contributed by atoms with Crippen molar-refractivity contribution in [1.82, 2.24) is 4.90 Å². The third-order valence-corrected chi connectivity index (χ3v) is 5.56. The van der Waals surface area contributed by atoms with E-state index in [2.05, 4.69) is 16.3 Å². The minimum Gasteiger partial charge on any atom is -0.334 e. The van der Waals surface area contributed by atoms with Crippen LogP contribution in [0.4, 0.5) is 0 Å². The van der Waals surface area contributed by atoms with Crippen LogP contribution in [0.15, 0.2) is 11.4 Å². The SMILES string of the molecule is CC(C)(C)[C@@H](N)C(=O)N1CCc2sccc2C1C1CC1. The Morgan fingerprint density at radius 2 is 2.15 bits per heavy atom. The molecule has 20 heavy (non-hydrogen) atoms. The highest BCUT2D eigenvalue weighted by Crippen LogP contribution is 2.48. The van der Waals surface area contributed by atoms with E-state index in [1.54, 1.807) is 0 Å². The molecule has 3 nitrogen and oxygen atoms in total. The van der Waals surface area contributed by atoms with Gasteiger partial charge in [-0.2, -0.15) is 0 Å². The summed E-state index contributed by atoms with van der Waals surface area (Å²) in [6.07, 6.45) is 3.47. The highest BCUT2D eigenvalue weighted by molar-refractivity contribution is 7.10. The highest BCUT2D eigenvalue weighted by Gasteiger charge is 2.44. The maximum Gasteiger partial charge on any atom is 0.240 e. The second kappa shape index (κ2) is 4.85. The third kappa shape index (κ3) is 2.40. The summed E-state index contributed by atoms with van der Waals surface area (Å²) in [5.41, 5.74) is 7.42. The van der Waals surface area contributed by atoms with E-state index in [0.29, 0.717) is 5.92 Å². The van der Waals surface area contributed by atoms with Crippen LogP contribution >= 0.6 is 11.3 Å². The number of nitrogens with two attached hydrogens (primary N) is 1. The first kappa shape index (κ1) is 14.1. The Hall–Kier alpha value is -0.870. The van der Waals surface area contributed by atoms with Crippen molar-refractivity contribution >= 4 is 17.2 Å². The summed E-state index contributed by atoms with van der Waals surface area (Å²) in [6, 6.07) is 2.08. The maximum absolute atomic E-state index is 12.8. The van der Waals surface area contributed by atoms with E-state index in [9.17, 15) is 4.79 Å². The summed E-state index contributed by atoms with van der Waals surface area (Å²) in [5.74, 6) is 0.783. The van der Waals surface area contributed by atoms with Gasteiger partial charge in [0.15, 0.2) is 0 Å². The molecule has 1 fully saturated rings. The van der Waals surface area contributed by atoms with E-state index in [4.69, 9.17) is 5.73 Å². The zero-order valence-corrected chi connectivity index (χ0v) is 13.4. The first-order chi connectivity index (χ1) is 9.39. The van der Waals surface area contributed by atoms with Crippen molar-refractivity contribution in [3.63, 3.8) is 0 Å². The van der Waals surface area contributed by atoms with Gasteiger partial charge in [0.25, 0.3) is 0 Å². The summed E-state index contributed by atoms with van der Waals surface area (Å²) in [4.78, 5) is 16.4. The van der Waals surface area contributed by atoms with Crippen LogP contribution in [-0.2, 0) is 11.2 Å². The Kier molecular flexibility index (Phi) is 3.41. The Morgan fingerprint density at radius 1 is 1.45 bits per heavy atom. The van der Waals surface area contributed by atoms with Crippen LogP contribution in [0.2, 0.25) is 0 Å². The van der Waals surface area contributed by atoms with Gasteiger partial charge in [0.1, 0.15) is 0 Å². The molecule has 1 aromatic rings. The predicted octanol–water partition coefficient (Wildman–Crippen LogP) is 2.96. The lowest BCUT2D eigenvalue weighted by Crippen LogP contribution is -2.53. The second-order valence-corrected chi connectivity index (χ2v) is 8.21. The third-order valence-electron chi connectivity index (χ3n) is 4.56. The summed E-state index contributed by atoms with van der Waals surface area (Å²) >= 11 is 1.83. The summed E-state index contributed by atoms with van der Waals surface area (Å²) < 4.78 is 0. The standard InChI is InChI=1S/C16H24N2OS/c1-16(2,3)14(17)15(19)18-8-6-12-11(7-9-20-12)13(18)10-4-5-10/h7,9-10,13-14H,4-6,8,17H2,1-3H3/t13?,14-/m0/s1. The largest absolute Gasteiger partial charge is 0.334 e. The van der Waals surface area contributed by atoms with Crippen LogP contribution in [0, 0.1) is 11.3 Å². The molecular weight excluding hydrogens is 268 g/mol. The number of carbonyl (C=O) groups excluding carboxylic acids is 1. The van der Waals surface area contributed by atoms with Gasteiger partial charge in [-0.3, -0.25) is 4.79 Å². The molecule has 110 valence electrons. The molecule has 1 aromatic heterocycles. The number of hydrogen-bond donors (Lipinski definition) is 1. The first-order valence-corrected chi connectivity index (χ1v) is 8.40. The van der Waals surface area contributed by atoms with Crippen molar-refractivity contribution in [2.75, 3.05) is 6.54 Å². The molecule has 0 spiro atoms. The number of fused-ring (bicyclic) bond motifs is 1. The molecule has 0 saturated heterocycles. The molecule has 2 aliphatic rings. The van der Waals surface area contributed by atoms with Gasteiger partial charge in [0, 0.05) is 11.4 Å². The second-order valence-electron chi connectivity index (χ2n) is 7.21. The topological polar surface area (TPSA) is 46.3 Å². The molecule has 0 bridgehead atoms. The fourth-order valence-electron chi connectivity index (χ4n) is 3.06. The van der Waals surface area contributed by atoms with Crippen LogP contribution in [0.3, 0.4) is 0 Å². The summed E-state index contributed by atoms with van der Waals surface area (Å²) in [5, 5.41) is 2.16. The molecule has 2 atom stereocenters. The average Bonchev–Trinajstić information content (AvgIpc) is 3.11. The van der Waals surface area contributed by atoms with Crippen molar-refractivity contribution in [2.24, 2.45) is 17.1 Å². The van der Waals surface area contributed by atoms with E-state index in [-0.39, 0.29) is 17.4 Å². The Bertz CT molecular complexity index is 513. The average molecular weight is 292 g/mol. The molecule has 2 heterocycles. The van der Waals surface area contributed by atoms with Crippen molar-refractivity contribution < 1.29 is 4.79 Å². The number of hydrogen-bond acceptors (Lipinski definition) is 3. The van der Waals surface area contributed by atoms with E-state index >= 15 is 0 Å². The smallest absolute Gasteiger partial charge is 0.240 e. The monoisotopic (exact) mass is 292 g/mol. The van der Waals surface area contributed by atoms with Crippen molar-refractivity contribution in [3.8, 4) is 0 Å². The van der Waals surface area contributed by atoms with Gasteiger partial charge in [-0.05, 0) is 47.6 Å². The van der Waals surface area contributed by atoms with Gasteiger partial charge in [-0.1, -0.05) is 20.8 Å². The fraction of sp³-hybridized carbons (Fsp3) is 0.688. The van der Waals surface area contributed by atoms with Gasteiger partial charge in [-0.15, -0.1) is 11.3 Å². The Morgan fingerprint density at radius 3 is 2.75 bits per heavy atom. The van der Waals surface area contributed by atoms with Gasteiger partial charge < -0.3 is 10.6 Å². The van der Waals surface area contributed by atoms with E-state index in [1.807, 2.05) is 32.1 Å². The van der Waals surface area contributed by atoms with E-state index < -0.39 is 6.04 Å². The number of nitrogens with zero attached hydrogens (tertiary/aromatic N) is 1. The van der Waals surface area contributed by atoms with Gasteiger partial charge >= 0.3 is 0 Å². The maximum atomic E-state index is 12.8.